The Hall–Kier alpha value is -0.820. The summed E-state index contributed by atoms with van der Waals surface area (Å²) < 4.78 is 0. The molecule has 1 nitrogen and oxygen atoms in total. The van der Waals surface area contributed by atoms with Crippen molar-refractivity contribution in [3.05, 3.63) is 35.4 Å². The summed E-state index contributed by atoms with van der Waals surface area (Å²) in [5.74, 6) is 0. The van der Waals surface area contributed by atoms with Crippen LogP contribution in [0.3, 0.4) is 0 Å². The monoisotopic (exact) mass is 215 g/mol. The van der Waals surface area contributed by atoms with Gasteiger partial charge in [-0.3, -0.25) is 0 Å². The molecule has 0 amide bonds. The number of nitrogens with zero attached hydrogens (tertiary/aromatic N) is 1. The quantitative estimate of drug-likeness (QED) is 0.651. The predicted octanol–water partition coefficient (Wildman–Crippen LogP) is 3.03. The number of aryl methyl sites for hydroxylation is 1. The third kappa shape index (κ3) is 2.01. The summed E-state index contributed by atoms with van der Waals surface area (Å²) in [5.41, 5.74) is 3.21. The lowest BCUT2D eigenvalue weighted by molar-refractivity contribution is 0.229. The smallest absolute Gasteiger partial charge is 0.0136 e. The first-order valence-electron chi connectivity index (χ1n) is 6.74. The van der Waals surface area contributed by atoms with Crippen molar-refractivity contribution in [3.8, 4) is 0 Å². The van der Waals surface area contributed by atoms with Gasteiger partial charge in [-0.25, -0.2) is 0 Å². The summed E-state index contributed by atoms with van der Waals surface area (Å²) in [6.45, 7) is 2.68. The Bertz CT molecular complexity index is 352. The van der Waals surface area contributed by atoms with E-state index in [0.717, 1.165) is 6.04 Å². The molecule has 1 aromatic rings. The van der Waals surface area contributed by atoms with Gasteiger partial charge in [0, 0.05) is 6.04 Å². The Morgan fingerprint density at radius 1 is 0.938 bits per heavy atom. The number of hydrogen-bond donors (Lipinski definition) is 0. The fourth-order valence-corrected chi connectivity index (χ4v) is 3.30. The molecule has 1 heteroatoms. The fraction of sp³-hybridized carbons (Fsp3) is 0.600. The molecule has 1 aliphatic heterocycles. The zero-order valence-corrected chi connectivity index (χ0v) is 9.99. The van der Waals surface area contributed by atoms with Gasteiger partial charge in [-0.1, -0.05) is 24.3 Å². The van der Waals surface area contributed by atoms with Crippen LogP contribution in [0.15, 0.2) is 24.3 Å². The van der Waals surface area contributed by atoms with Crippen LogP contribution in [0.4, 0.5) is 0 Å². The van der Waals surface area contributed by atoms with Gasteiger partial charge in [0.15, 0.2) is 0 Å². The molecular weight excluding hydrogens is 194 g/mol. The minimum Gasteiger partial charge on any atom is -0.300 e. The van der Waals surface area contributed by atoms with Crippen molar-refractivity contribution in [2.75, 3.05) is 13.1 Å². The zero-order chi connectivity index (χ0) is 10.8. The van der Waals surface area contributed by atoms with E-state index in [9.17, 15) is 0 Å². The van der Waals surface area contributed by atoms with Crippen LogP contribution >= 0.6 is 0 Å². The van der Waals surface area contributed by atoms with E-state index in [2.05, 4.69) is 29.2 Å². The normalized spacial score (nSPS) is 26.4. The highest BCUT2D eigenvalue weighted by Crippen LogP contribution is 2.25. The molecule has 0 radical (unpaired) electrons. The van der Waals surface area contributed by atoms with Gasteiger partial charge in [-0.15, -0.1) is 0 Å². The van der Waals surface area contributed by atoms with E-state index >= 15 is 0 Å². The van der Waals surface area contributed by atoms with Crippen molar-refractivity contribution in [3.63, 3.8) is 0 Å². The Morgan fingerprint density at radius 2 is 1.69 bits per heavy atom. The Kier molecular flexibility index (Phi) is 2.96. The number of benzene rings is 1. The number of hydrogen-bond acceptors (Lipinski definition) is 1. The largest absolute Gasteiger partial charge is 0.300 e. The van der Waals surface area contributed by atoms with Crippen molar-refractivity contribution >= 4 is 0 Å². The van der Waals surface area contributed by atoms with Crippen LogP contribution in [0.2, 0.25) is 0 Å². The van der Waals surface area contributed by atoms with E-state index in [0.29, 0.717) is 0 Å². The average Bonchev–Trinajstić information content (AvgIpc) is 2.75. The molecule has 1 fully saturated rings. The molecule has 0 N–H and O–H groups in total. The molecule has 0 saturated carbocycles. The third-order valence-electron chi connectivity index (χ3n) is 4.21. The maximum Gasteiger partial charge on any atom is 0.0136 e. The summed E-state index contributed by atoms with van der Waals surface area (Å²) in [4.78, 5) is 2.72. The number of rotatable bonds is 1. The first-order valence-corrected chi connectivity index (χ1v) is 6.74. The fourth-order valence-electron chi connectivity index (χ4n) is 3.30. The van der Waals surface area contributed by atoms with E-state index < -0.39 is 0 Å². The molecule has 2 aliphatic rings. The molecule has 1 aliphatic carbocycles. The van der Waals surface area contributed by atoms with Gasteiger partial charge >= 0.3 is 0 Å². The van der Waals surface area contributed by atoms with E-state index in [1.165, 1.54) is 51.6 Å². The molecule has 0 aromatic heterocycles. The lowest BCUT2D eigenvalue weighted by Gasteiger charge is -2.26. The van der Waals surface area contributed by atoms with Gasteiger partial charge in [0.2, 0.25) is 0 Å². The first-order chi connectivity index (χ1) is 7.93. The maximum atomic E-state index is 2.72. The van der Waals surface area contributed by atoms with Gasteiger partial charge in [0.05, 0.1) is 0 Å². The van der Waals surface area contributed by atoms with Crippen LogP contribution in [0, 0.1) is 0 Å². The average molecular weight is 215 g/mol. The number of likely N-dealkylation sites (tertiary alicyclic amines) is 1. The van der Waals surface area contributed by atoms with Crippen molar-refractivity contribution in [2.45, 2.75) is 44.6 Å². The lowest BCUT2D eigenvalue weighted by atomic mass is 10.0. The molecule has 1 saturated heterocycles. The molecule has 0 spiro atoms. The minimum atomic E-state index is 0.825. The molecule has 0 unspecified atom stereocenters. The summed E-state index contributed by atoms with van der Waals surface area (Å²) in [6.07, 6.45) is 8.18. The van der Waals surface area contributed by atoms with Crippen LogP contribution < -0.4 is 0 Å². The highest BCUT2D eigenvalue weighted by Gasteiger charge is 2.24. The second-order valence-electron chi connectivity index (χ2n) is 5.26. The second-order valence-corrected chi connectivity index (χ2v) is 5.26. The van der Waals surface area contributed by atoms with Crippen LogP contribution in [0.1, 0.15) is 36.8 Å². The van der Waals surface area contributed by atoms with E-state index in [1.54, 1.807) is 11.1 Å². The van der Waals surface area contributed by atoms with E-state index in [-0.39, 0.29) is 0 Å². The van der Waals surface area contributed by atoms with Gasteiger partial charge in [-0.05, 0) is 62.7 Å². The number of fused-ring (bicyclic) bond motifs is 1. The summed E-state index contributed by atoms with van der Waals surface area (Å²) >= 11 is 0. The van der Waals surface area contributed by atoms with Gasteiger partial charge in [-0.2, -0.15) is 0 Å². The predicted molar refractivity (Wildman–Crippen MR) is 67.7 cm³/mol. The van der Waals surface area contributed by atoms with E-state index in [4.69, 9.17) is 0 Å². The highest BCUT2D eigenvalue weighted by atomic mass is 15.2. The lowest BCUT2D eigenvalue weighted by Crippen LogP contribution is -2.33. The molecule has 1 atom stereocenters. The highest BCUT2D eigenvalue weighted by molar-refractivity contribution is 5.29. The molecular formula is C15H21N. The molecule has 0 bridgehead atoms. The Labute approximate surface area is 98.5 Å². The first kappa shape index (κ1) is 10.3. The van der Waals surface area contributed by atoms with Crippen molar-refractivity contribution in [1.29, 1.82) is 0 Å². The SMILES string of the molecule is c1ccc2c(c1)CCC[C@H](N1CCCC1)C2. The standard InChI is InChI=1S/C15H21N/c1-2-7-14-12-15(16-10-3-4-11-16)9-5-8-13(14)6-1/h1-2,6-7,15H,3-5,8-12H2/t15-/m0/s1. The summed E-state index contributed by atoms with van der Waals surface area (Å²) in [7, 11) is 0. The van der Waals surface area contributed by atoms with Crippen molar-refractivity contribution in [1.82, 2.24) is 4.90 Å². The summed E-state index contributed by atoms with van der Waals surface area (Å²) in [5, 5.41) is 0. The second kappa shape index (κ2) is 4.58. The van der Waals surface area contributed by atoms with Gasteiger partial charge in [0.1, 0.15) is 0 Å². The van der Waals surface area contributed by atoms with Crippen LogP contribution in [0.25, 0.3) is 0 Å². The minimum absolute atomic E-state index is 0.825. The van der Waals surface area contributed by atoms with Crippen LogP contribution in [-0.2, 0) is 12.8 Å². The molecule has 86 valence electrons. The van der Waals surface area contributed by atoms with Crippen LogP contribution in [0.5, 0.6) is 0 Å². The van der Waals surface area contributed by atoms with Crippen molar-refractivity contribution < 1.29 is 0 Å². The van der Waals surface area contributed by atoms with Gasteiger partial charge < -0.3 is 4.90 Å². The maximum absolute atomic E-state index is 2.72. The Morgan fingerprint density at radius 3 is 2.50 bits per heavy atom. The molecule has 16 heavy (non-hydrogen) atoms. The van der Waals surface area contributed by atoms with Crippen molar-refractivity contribution in [2.24, 2.45) is 0 Å². The topological polar surface area (TPSA) is 3.24 Å². The zero-order valence-electron chi connectivity index (χ0n) is 9.99. The molecule has 1 heterocycles. The van der Waals surface area contributed by atoms with E-state index in [1.807, 2.05) is 0 Å². The Balaban J connectivity index is 1.79. The summed E-state index contributed by atoms with van der Waals surface area (Å²) in [6, 6.07) is 9.87. The van der Waals surface area contributed by atoms with Gasteiger partial charge in [0.25, 0.3) is 0 Å². The third-order valence-corrected chi connectivity index (χ3v) is 4.21. The molecule has 3 rings (SSSR count). The van der Waals surface area contributed by atoms with Crippen LogP contribution in [-0.4, -0.2) is 24.0 Å². The molecule has 1 aromatic carbocycles.